The summed E-state index contributed by atoms with van der Waals surface area (Å²) in [5.41, 5.74) is 0.642. The van der Waals surface area contributed by atoms with Crippen LogP contribution in [0.1, 0.15) is 19.4 Å². The summed E-state index contributed by atoms with van der Waals surface area (Å²) in [6.45, 7) is 8.98. The van der Waals surface area contributed by atoms with Gasteiger partial charge in [0.15, 0.2) is 5.96 Å². The minimum absolute atomic E-state index is 0.253. The molecular weight excluding hydrogens is 277 g/mol. The van der Waals surface area contributed by atoms with Crippen LogP contribution in [0.15, 0.2) is 35.8 Å². The Kier molecular flexibility index (Phi) is 6.02. The second-order valence-electron chi connectivity index (χ2n) is 5.10. The van der Waals surface area contributed by atoms with Crippen molar-refractivity contribution in [2.75, 3.05) is 20.1 Å². The van der Waals surface area contributed by atoms with Crippen molar-refractivity contribution in [3.05, 3.63) is 47.3 Å². The van der Waals surface area contributed by atoms with Crippen LogP contribution in [0.5, 0.6) is 0 Å². The van der Waals surface area contributed by atoms with Gasteiger partial charge < -0.3 is 10.6 Å². The van der Waals surface area contributed by atoms with Gasteiger partial charge in [-0.1, -0.05) is 37.6 Å². The molecule has 0 spiro atoms. The lowest BCUT2D eigenvalue weighted by Crippen LogP contribution is -2.43. The summed E-state index contributed by atoms with van der Waals surface area (Å²) in [5.74, 6) is 0.363. The zero-order valence-corrected chi connectivity index (χ0v) is 12.9. The quantitative estimate of drug-likeness (QED) is 0.498. The van der Waals surface area contributed by atoms with Gasteiger partial charge in [0, 0.05) is 30.6 Å². The molecule has 5 heteroatoms. The molecule has 20 heavy (non-hydrogen) atoms. The lowest BCUT2D eigenvalue weighted by molar-refractivity contribution is 0.508. The SMILES string of the molecule is C=CCNC(=NC)NCC(C)(C)c1ccc(F)cc1Cl. The first kappa shape index (κ1) is 16.5. The molecule has 1 aromatic carbocycles. The molecule has 0 atom stereocenters. The van der Waals surface area contributed by atoms with Crippen molar-refractivity contribution >= 4 is 17.6 Å². The number of hydrogen-bond acceptors (Lipinski definition) is 1. The molecule has 0 aromatic heterocycles. The molecule has 0 radical (unpaired) electrons. The average Bonchev–Trinajstić information content (AvgIpc) is 2.38. The standard InChI is InChI=1S/C15H21ClFN3/c1-5-8-19-14(18-4)20-10-15(2,3)12-7-6-11(17)9-13(12)16/h5-7,9H,1,8,10H2,2-4H3,(H2,18,19,20). The van der Waals surface area contributed by atoms with Crippen molar-refractivity contribution in [1.29, 1.82) is 0 Å². The molecule has 0 bridgehead atoms. The van der Waals surface area contributed by atoms with Crippen molar-refractivity contribution < 1.29 is 4.39 Å². The van der Waals surface area contributed by atoms with Crippen LogP contribution >= 0.6 is 11.6 Å². The van der Waals surface area contributed by atoms with Gasteiger partial charge in [-0.2, -0.15) is 0 Å². The summed E-state index contributed by atoms with van der Waals surface area (Å²) in [7, 11) is 1.70. The second kappa shape index (κ2) is 7.29. The lowest BCUT2D eigenvalue weighted by Gasteiger charge is -2.27. The van der Waals surface area contributed by atoms with E-state index in [9.17, 15) is 4.39 Å². The van der Waals surface area contributed by atoms with Gasteiger partial charge in [0.2, 0.25) is 0 Å². The third-order valence-electron chi connectivity index (χ3n) is 3.00. The monoisotopic (exact) mass is 297 g/mol. The number of nitrogens with one attached hydrogen (secondary N) is 2. The Bertz CT molecular complexity index is 498. The van der Waals surface area contributed by atoms with E-state index >= 15 is 0 Å². The average molecular weight is 298 g/mol. The molecule has 0 saturated carbocycles. The Hall–Kier alpha value is -1.55. The van der Waals surface area contributed by atoms with E-state index < -0.39 is 0 Å². The van der Waals surface area contributed by atoms with Gasteiger partial charge in [-0.3, -0.25) is 4.99 Å². The van der Waals surface area contributed by atoms with E-state index in [0.717, 1.165) is 5.56 Å². The van der Waals surface area contributed by atoms with Crippen LogP contribution in [-0.2, 0) is 5.41 Å². The van der Waals surface area contributed by atoms with Crippen molar-refractivity contribution in [2.45, 2.75) is 19.3 Å². The minimum atomic E-state index is -0.328. The highest BCUT2D eigenvalue weighted by Crippen LogP contribution is 2.29. The van der Waals surface area contributed by atoms with Crippen molar-refractivity contribution in [2.24, 2.45) is 4.99 Å². The van der Waals surface area contributed by atoms with Gasteiger partial charge in [-0.05, 0) is 17.7 Å². The fraction of sp³-hybridized carbons (Fsp3) is 0.400. The van der Waals surface area contributed by atoms with Crippen molar-refractivity contribution in [3.8, 4) is 0 Å². The van der Waals surface area contributed by atoms with Gasteiger partial charge in [0.1, 0.15) is 5.82 Å². The first-order chi connectivity index (χ1) is 9.40. The number of guanidine groups is 1. The molecule has 1 rings (SSSR count). The Balaban J connectivity index is 2.76. The van der Waals surface area contributed by atoms with Crippen LogP contribution in [0.4, 0.5) is 4.39 Å². The highest BCUT2D eigenvalue weighted by atomic mass is 35.5. The van der Waals surface area contributed by atoms with Gasteiger partial charge in [0.05, 0.1) is 0 Å². The lowest BCUT2D eigenvalue weighted by atomic mass is 9.84. The summed E-state index contributed by atoms with van der Waals surface area (Å²) >= 11 is 6.12. The van der Waals surface area contributed by atoms with Crippen molar-refractivity contribution in [1.82, 2.24) is 10.6 Å². The third kappa shape index (κ3) is 4.53. The number of aliphatic imine (C=N–C) groups is 1. The molecule has 0 amide bonds. The van der Waals surface area contributed by atoms with E-state index in [-0.39, 0.29) is 11.2 Å². The van der Waals surface area contributed by atoms with E-state index in [1.54, 1.807) is 19.2 Å². The smallest absolute Gasteiger partial charge is 0.191 e. The van der Waals surface area contributed by atoms with Crippen LogP contribution in [-0.4, -0.2) is 26.1 Å². The Morgan fingerprint density at radius 3 is 2.70 bits per heavy atom. The molecule has 0 heterocycles. The normalized spacial score (nSPS) is 12.2. The molecule has 0 fully saturated rings. The zero-order valence-electron chi connectivity index (χ0n) is 12.1. The molecule has 1 aromatic rings. The highest BCUT2D eigenvalue weighted by Gasteiger charge is 2.23. The Morgan fingerprint density at radius 2 is 2.15 bits per heavy atom. The van der Waals surface area contributed by atoms with Gasteiger partial charge in [-0.25, -0.2) is 4.39 Å². The maximum atomic E-state index is 13.1. The van der Waals surface area contributed by atoms with Crippen LogP contribution in [0.2, 0.25) is 5.02 Å². The summed E-state index contributed by atoms with van der Waals surface area (Å²) in [5, 5.41) is 6.75. The van der Waals surface area contributed by atoms with Crippen LogP contribution in [0.3, 0.4) is 0 Å². The molecule has 0 unspecified atom stereocenters. The minimum Gasteiger partial charge on any atom is -0.356 e. The Labute approximate surface area is 124 Å². The molecule has 110 valence electrons. The number of hydrogen-bond donors (Lipinski definition) is 2. The fourth-order valence-electron chi connectivity index (χ4n) is 1.83. The highest BCUT2D eigenvalue weighted by molar-refractivity contribution is 6.31. The van der Waals surface area contributed by atoms with Crippen LogP contribution in [0, 0.1) is 5.82 Å². The number of benzene rings is 1. The summed E-state index contributed by atoms with van der Waals surface area (Å²) in [4.78, 5) is 4.11. The molecule has 0 aliphatic carbocycles. The van der Waals surface area contributed by atoms with Crippen LogP contribution < -0.4 is 10.6 Å². The summed E-state index contributed by atoms with van der Waals surface area (Å²) < 4.78 is 13.1. The predicted octanol–water partition coefficient (Wildman–Crippen LogP) is 3.11. The first-order valence-electron chi connectivity index (χ1n) is 6.41. The number of nitrogens with zero attached hydrogens (tertiary/aromatic N) is 1. The summed E-state index contributed by atoms with van der Waals surface area (Å²) in [6.07, 6.45) is 1.76. The number of halogens is 2. The topological polar surface area (TPSA) is 36.4 Å². The number of rotatable bonds is 5. The molecule has 0 aliphatic heterocycles. The summed E-state index contributed by atoms with van der Waals surface area (Å²) in [6, 6.07) is 4.48. The van der Waals surface area contributed by atoms with E-state index in [1.165, 1.54) is 12.1 Å². The van der Waals surface area contributed by atoms with Gasteiger partial charge in [-0.15, -0.1) is 6.58 Å². The van der Waals surface area contributed by atoms with Gasteiger partial charge >= 0.3 is 0 Å². The molecule has 0 saturated heterocycles. The maximum absolute atomic E-state index is 13.1. The molecule has 2 N–H and O–H groups in total. The second-order valence-corrected chi connectivity index (χ2v) is 5.51. The predicted molar refractivity (Wildman–Crippen MR) is 84.0 cm³/mol. The van der Waals surface area contributed by atoms with E-state index in [2.05, 4.69) is 22.2 Å². The van der Waals surface area contributed by atoms with Crippen LogP contribution in [0.25, 0.3) is 0 Å². The van der Waals surface area contributed by atoms with E-state index in [1.807, 2.05) is 13.8 Å². The first-order valence-corrected chi connectivity index (χ1v) is 6.79. The molecule has 3 nitrogen and oxygen atoms in total. The molecular formula is C15H21ClFN3. The maximum Gasteiger partial charge on any atom is 0.191 e. The Morgan fingerprint density at radius 1 is 1.45 bits per heavy atom. The van der Waals surface area contributed by atoms with Crippen molar-refractivity contribution in [3.63, 3.8) is 0 Å². The zero-order chi connectivity index (χ0) is 15.2. The fourth-order valence-corrected chi connectivity index (χ4v) is 2.25. The largest absolute Gasteiger partial charge is 0.356 e. The molecule has 0 aliphatic rings. The van der Waals surface area contributed by atoms with E-state index in [4.69, 9.17) is 11.6 Å². The van der Waals surface area contributed by atoms with Gasteiger partial charge in [0.25, 0.3) is 0 Å². The third-order valence-corrected chi connectivity index (χ3v) is 3.31. The van der Waals surface area contributed by atoms with E-state index in [0.29, 0.717) is 24.1 Å².